The van der Waals surface area contributed by atoms with Gasteiger partial charge in [-0.1, -0.05) is 0 Å². The van der Waals surface area contributed by atoms with E-state index in [4.69, 9.17) is 0 Å². The van der Waals surface area contributed by atoms with E-state index >= 15 is 0 Å². The lowest BCUT2D eigenvalue weighted by Crippen LogP contribution is -2.11. The Bertz CT molecular complexity index is 930. The van der Waals surface area contributed by atoms with Crippen molar-refractivity contribution in [2.24, 2.45) is 0 Å². The topological polar surface area (TPSA) is 45.8 Å². The first-order chi connectivity index (χ1) is 10.7. The summed E-state index contributed by atoms with van der Waals surface area (Å²) < 4.78 is 0. The molecule has 0 atom stereocenters. The summed E-state index contributed by atoms with van der Waals surface area (Å²) in [7, 11) is 0. The maximum absolute atomic E-state index is 12.4. The van der Waals surface area contributed by atoms with Crippen LogP contribution in [-0.2, 0) is 12.8 Å². The molecular formula is C17H16N2OS2. The largest absolute Gasteiger partial charge is 0.306 e. The number of aromatic nitrogens is 2. The Morgan fingerprint density at radius 1 is 1.18 bits per heavy atom. The van der Waals surface area contributed by atoms with Crippen molar-refractivity contribution in [1.29, 1.82) is 0 Å². The fourth-order valence-electron chi connectivity index (χ4n) is 2.96. The molecule has 3 aromatic rings. The highest BCUT2D eigenvalue weighted by atomic mass is 32.1. The van der Waals surface area contributed by atoms with Gasteiger partial charge in [-0.2, -0.15) is 0 Å². The number of hydrogen-bond acceptors (Lipinski definition) is 4. The highest BCUT2D eigenvalue weighted by molar-refractivity contribution is 7.18. The van der Waals surface area contributed by atoms with Crippen LogP contribution in [0.4, 0.5) is 0 Å². The number of thiophene rings is 2. The van der Waals surface area contributed by atoms with Crippen molar-refractivity contribution in [3.63, 3.8) is 0 Å². The lowest BCUT2D eigenvalue weighted by molar-refractivity contribution is 0.700. The standard InChI is InChI=1S/C17H16N2OS2/c1-10-6-7-11(21-10)8-9-14-18-16(20)15-12-4-2-3-5-13(12)22-17(15)19-14/h6-9H,2-5H2,1H3,(H,18,19,20)/b9-8+. The van der Waals surface area contributed by atoms with Gasteiger partial charge in [-0.3, -0.25) is 4.79 Å². The van der Waals surface area contributed by atoms with Crippen LogP contribution in [0.1, 0.15) is 38.9 Å². The average molecular weight is 328 g/mol. The molecule has 3 nitrogen and oxygen atoms in total. The van der Waals surface area contributed by atoms with E-state index in [9.17, 15) is 4.79 Å². The van der Waals surface area contributed by atoms with Crippen LogP contribution in [-0.4, -0.2) is 9.97 Å². The van der Waals surface area contributed by atoms with Crippen molar-refractivity contribution in [1.82, 2.24) is 9.97 Å². The normalized spacial score (nSPS) is 14.8. The second-order valence-electron chi connectivity index (χ2n) is 5.62. The van der Waals surface area contributed by atoms with E-state index in [0.29, 0.717) is 5.82 Å². The number of nitrogens with zero attached hydrogens (tertiary/aromatic N) is 1. The van der Waals surface area contributed by atoms with Crippen LogP contribution in [0.2, 0.25) is 0 Å². The molecule has 4 rings (SSSR count). The van der Waals surface area contributed by atoms with Gasteiger partial charge in [0.25, 0.3) is 5.56 Å². The summed E-state index contributed by atoms with van der Waals surface area (Å²) in [4.78, 5) is 24.7. The average Bonchev–Trinajstić information content (AvgIpc) is 3.08. The Morgan fingerprint density at radius 2 is 2.05 bits per heavy atom. The van der Waals surface area contributed by atoms with Crippen LogP contribution in [0.3, 0.4) is 0 Å². The van der Waals surface area contributed by atoms with Gasteiger partial charge in [-0.25, -0.2) is 4.98 Å². The zero-order chi connectivity index (χ0) is 15.1. The number of nitrogens with one attached hydrogen (secondary N) is 1. The number of hydrogen-bond donors (Lipinski definition) is 1. The van der Waals surface area contributed by atoms with Crippen LogP contribution in [0.5, 0.6) is 0 Å². The third-order valence-electron chi connectivity index (χ3n) is 4.01. The molecule has 22 heavy (non-hydrogen) atoms. The molecule has 3 aromatic heterocycles. The number of aryl methyl sites for hydroxylation is 3. The van der Waals surface area contributed by atoms with Gasteiger partial charge in [-0.05, 0) is 62.5 Å². The molecule has 0 bridgehead atoms. The molecule has 1 aliphatic carbocycles. The van der Waals surface area contributed by atoms with Crippen molar-refractivity contribution in [2.45, 2.75) is 32.6 Å². The van der Waals surface area contributed by atoms with Crippen LogP contribution in [0.15, 0.2) is 16.9 Å². The predicted molar refractivity (Wildman–Crippen MR) is 94.9 cm³/mol. The monoisotopic (exact) mass is 328 g/mol. The third kappa shape index (κ3) is 2.44. The van der Waals surface area contributed by atoms with Crippen LogP contribution < -0.4 is 5.56 Å². The summed E-state index contributed by atoms with van der Waals surface area (Å²) >= 11 is 3.42. The molecule has 5 heteroatoms. The second-order valence-corrected chi connectivity index (χ2v) is 8.03. The highest BCUT2D eigenvalue weighted by Crippen LogP contribution is 2.33. The van der Waals surface area contributed by atoms with E-state index < -0.39 is 0 Å². The molecular weight excluding hydrogens is 312 g/mol. The van der Waals surface area contributed by atoms with E-state index in [2.05, 4.69) is 29.0 Å². The number of fused-ring (bicyclic) bond motifs is 3. The number of rotatable bonds is 2. The molecule has 0 saturated carbocycles. The summed E-state index contributed by atoms with van der Waals surface area (Å²) in [5.74, 6) is 0.641. The number of aromatic amines is 1. The molecule has 0 fully saturated rings. The van der Waals surface area contributed by atoms with Gasteiger partial charge in [0.2, 0.25) is 0 Å². The zero-order valence-corrected chi connectivity index (χ0v) is 13.9. The number of H-pyrrole nitrogens is 1. The Kier molecular flexibility index (Phi) is 3.47. The first-order valence-corrected chi connectivity index (χ1v) is 9.13. The summed E-state index contributed by atoms with van der Waals surface area (Å²) in [6.07, 6.45) is 8.42. The first kappa shape index (κ1) is 13.9. The van der Waals surface area contributed by atoms with Crippen molar-refractivity contribution >= 4 is 45.0 Å². The van der Waals surface area contributed by atoms with Gasteiger partial charge in [0.15, 0.2) is 0 Å². The van der Waals surface area contributed by atoms with Gasteiger partial charge in [0, 0.05) is 14.6 Å². The molecule has 0 spiro atoms. The minimum atomic E-state index is 0.00594. The Hall–Kier alpha value is -1.72. The zero-order valence-electron chi connectivity index (χ0n) is 12.3. The molecule has 1 N–H and O–H groups in total. The quantitative estimate of drug-likeness (QED) is 0.757. The molecule has 0 unspecified atom stereocenters. The van der Waals surface area contributed by atoms with Gasteiger partial charge in [0.05, 0.1) is 5.39 Å². The maximum atomic E-state index is 12.4. The molecule has 0 saturated heterocycles. The molecule has 0 amide bonds. The van der Waals surface area contributed by atoms with Crippen molar-refractivity contribution in [3.8, 4) is 0 Å². The lowest BCUT2D eigenvalue weighted by Gasteiger charge is -2.09. The summed E-state index contributed by atoms with van der Waals surface area (Å²) in [5.41, 5.74) is 1.25. The Labute approximate surface area is 136 Å². The van der Waals surface area contributed by atoms with E-state index in [1.807, 2.05) is 12.2 Å². The third-order valence-corrected chi connectivity index (χ3v) is 6.16. The van der Waals surface area contributed by atoms with Gasteiger partial charge < -0.3 is 4.98 Å². The van der Waals surface area contributed by atoms with Crippen LogP contribution in [0, 0.1) is 6.92 Å². The fourth-order valence-corrected chi connectivity index (χ4v) is 5.01. The molecule has 112 valence electrons. The first-order valence-electron chi connectivity index (χ1n) is 7.50. The van der Waals surface area contributed by atoms with Gasteiger partial charge >= 0.3 is 0 Å². The molecule has 0 radical (unpaired) electrons. The molecule has 0 aliphatic heterocycles. The fraction of sp³-hybridized carbons (Fsp3) is 0.294. The van der Waals surface area contributed by atoms with E-state index in [1.165, 1.54) is 33.0 Å². The van der Waals surface area contributed by atoms with E-state index in [-0.39, 0.29) is 5.56 Å². The van der Waals surface area contributed by atoms with Crippen molar-refractivity contribution in [3.05, 3.63) is 48.5 Å². The van der Waals surface area contributed by atoms with Crippen molar-refractivity contribution < 1.29 is 0 Å². The van der Waals surface area contributed by atoms with E-state index in [1.54, 1.807) is 22.7 Å². The van der Waals surface area contributed by atoms with Crippen LogP contribution in [0.25, 0.3) is 22.4 Å². The van der Waals surface area contributed by atoms with Gasteiger partial charge in [0.1, 0.15) is 10.7 Å². The molecule has 3 heterocycles. The minimum Gasteiger partial charge on any atom is -0.306 e. The Balaban J connectivity index is 1.77. The van der Waals surface area contributed by atoms with Crippen molar-refractivity contribution in [2.75, 3.05) is 0 Å². The highest BCUT2D eigenvalue weighted by Gasteiger charge is 2.19. The second kappa shape index (κ2) is 5.48. The molecule has 0 aromatic carbocycles. The predicted octanol–water partition coefficient (Wildman–Crippen LogP) is 4.40. The van der Waals surface area contributed by atoms with Crippen LogP contribution >= 0.6 is 22.7 Å². The summed E-state index contributed by atoms with van der Waals surface area (Å²) in [6.45, 7) is 2.09. The lowest BCUT2D eigenvalue weighted by atomic mass is 9.97. The molecule has 1 aliphatic rings. The Morgan fingerprint density at radius 3 is 2.86 bits per heavy atom. The SMILES string of the molecule is Cc1ccc(/C=C/c2nc3sc4c(c3c(=O)[nH]2)CCCC4)s1. The summed E-state index contributed by atoms with van der Waals surface area (Å²) in [5, 5.41) is 0.823. The smallest absolute Gasteiger partial charge is 0.260 e. The van der Waals surface area contributed by atoms with Gasteiger partial charge in [-0.15, -0.1) is 22.7 Å². The maximum Gasteiger partial charge on any atom is 0.260 e. The van der Waals surface area contributed by atoms with E-state index in [0.717, 1.165) is 23.1 Å². The minimum absolute atomic E-state index is 0.00594. The summed E-state index contributed by atoms with van der Waals surface area (Å²) in [6, 6.07) is 4.17.